The zero-order valence-corrected chi connectivity index (χ0v) is 14.5. The number of carbonyl (C=O) groups excluding carboxylic acids is 1. The predicted octanol–water partition coefficient (Wildman–Crippen LogP) is 2.38. The van der Waals surface area contributed by atoms with E-state index in [1.165, 1.54) is 7.11 Å². The first-order valence-corrected chi connectivity index (χ1v) is 7.97. The van der Waals surface area contributed by atoms with Gasteiger partial charge in [-0.05, 0) is 25.1 Å². The first-order valence-electron chi connectivity index (χ1n) is 7.59. The molecule has 1 fully saturated rings. The molecule has 0 radical (unpaired) electrons. The van der Waals surface area contributed by atoms with Crippen LogP contribution in [0.5, 0.6) is 5.75 Å². The van der Waals surface area contributed by atoms with Crippen LogP contribution >= 0.6 is 11.6 Å². The Morgan fingerprint density at radius 2 is 2.21 bits per heavy atom. The molecule has 1 N–H and O–H groups in total. The van der Waals surface area contributed by atoms with E-state index in [0.717, 1.165) is 0 Å². The van der Waals surface area contributed by atoms with Crippen molar-refractivity contribution in [1.82, 2.24) is 20.1 Å². The Morgan fingerprint density at radius 3 is 2.83 bits per heavy atom. The molecule has 2 atom stereocenters. The van der Waals surface area contributed by atoms with E-state index in [-0.39, 0.29) is 18.1 Å². The summed E-state index contributed by atoms with van der Waals surface area (Å²) in [7, 11) is 3.16. The largest absolute Gasteiger partial charge is 0.496 e. The van der Waals surface area contributed by atoms with Crippen LogP contribution in [-0.4, -0.2) is 52.9 Å². The first kappa shape index (κ1) is 16.7. The molecule has 24 heavy (non-hydrogen) atoms. The lowest BCUT2D eigenvalue weighted by molar-refractivity contribution is 0.0681. The highest BCUT2D eigenvalue weighted by molar-refractivity contribution is 6.31. The number of methoxy groups -OCH3 is 2. The summed E-state index contributed by atoms with van der Waals surface area (Å²) in [4.78, 5) is 19.2. The van der Waals surface area contributed by atoms with Gasteiger partial charge in [-0.1, -0.05) is 11.6 Å². The maximum Gasteiger partial charge on any atom is 0.258 e. The molecule has 2 heterocycles. The molecule has 1 saturated heterocycles. The third-order valence-corrected chi connectivity index (χ3v) is 4.40. The minimum absolute atomic E-state index is 0.0667. The first-order chi connectivity index (χ1) is 11.5. The van der Waals surface area contributed by atoms with Crippen molar-refractivity contribution in [1.29, 1.82) is 0 Å². The van der Waals surface area contributed by atoms with Gasteiger partial charge in [-0.3, -0.25) is 9.89 Å². The molecule has 1 aromatic carbocycles. The number of nitrogens with zero attached hydrogens (tertiary/aromatic N) is 3. The van der Waals surface area contributed by atoms with E-state index >= 15 is 0 Å². The molecular formula is C16H19ClN4O3. The molecule has 1 aliphatic rings. The van der Waals surface area contributed by atoms with Crippen LogP contribution in [0.15, 0.2) is 18.2 Å². The highest BCUT2D eigenvalue weighted by atomic mass is 35.5. The van der Waals surface area contributed by atoms with Crippen molar-refractivity contribution in [3.8, 4) is 5.75 Å². The maximum absolute atomic E-state index is 13.1. The molecule has 0 unspecified atom stereocenters. The lowest BCUT2D eigenvalue weighted by Gasteiger charge is -2.23. The summed E-state index contributed by atoms with van der Waals surface area (Å²) in [5, 5.41) is 7.51. The number of halogens is 1. The average molecular weight is 351 g/mol. The number of hydrogen-bond donors (Lipinski definition) is 1. The molecular weight excluding hydrogens is 332 g/mol. The number of rotatable bonds is 4. The Kier molecular flexibility index (Phi) is 4.73. The average Bonchev–Trinajstić information content (AvgIpc) is 3.20. The maximum atomic E-state index is 13.1. The molecule has 2 aromatic rings. The van der Waals surface area contributed by atoms with Crippen LogP contribution in [-0.2, 0) is 4.74 Å². The van der Waals surface area contributed by atoms with Gasteiger partial charge in [0.05, 0.1) is 24.8 Å². The Hall–Kier alpha value is -2.12. The Labute approximate surface area is 144 Å². The number of nitrogens with one attached hydrogen (secondary N) is 1. The van der Waals surface area contributed by atoms with Gasteiger partial charge in [0.1, 0.15) is 11.6 Å². The summed E-state index contributed by atoms with van der Waals surface area (Å²) < 4.78 is 10.8. The number of ether oxygens (including phenoxy) is 2. The molecule has 1 amide bonds. The third-order valence-electron chi connectivity index (χ3n) is 4.16. The fraction of sp³-hybridized carbons (Fsp3) is 0.438. The highest BCUT2D eigenvalue weighted by Crippen LogP contribution is 2.34. The topological polar surface area (TPSA) is 80.3 Å². The number of aromatic amines is 1. The summed E-state index contributed by atoms with van der Waals surface area (Å²) in [5.74, 6) is 1.59. The quantitative estimate of drug-likeness (QED) is 0.915. The van der Waals surface area contributed by atoms with Crippen LogP contribution in [0.2, 0.25) is 5.02 Å². The van der Waals surface area contributed by atoms with E-state index in [0.29, 0.717) is 40.9 Å². The summed E-state index contributed by atoms with van der Waals surface area (Å²) in [6.07, 6.45) is 0.575. The summed E-state index contributed by atoms with van der Waals surface area (Å²) >= 11 is 6.06. The molecule has 1 aliphatic heterocycles. The molecule has 1 aromatic heterocycles. The van der Waals surface area contributed by atoms with Gasteiger partial charge in [0.25, 0.3) is 5.91 Å². The minimum Gasteiger partial charge on any atom is -0.496 e. The highest BCUT2D eigenvalue weighted by Gasteiger charge is 2.39. The third kappa shape index (κ3) is 3.09. The molecule has 0 bridgehead atoms. The van der Waals surface area contributed by atoms with E-state index in [1.54, 1.807) is 30.2 Å². The monoisotopic (exact) mass is 350 g/mol. The van der Waals surface area contributed by atoms with Gasteiger partial charge in [-0.25, -0.2) is 4.98 Å². The van der Waals surface area contributed by atoms with Gasteiger partial charge in [0.2, 0.25) is 0 Å². The normalized spacial score (nSPS) is 20.4. The fourth-order valence-electron chi connectivity index (χ4n) is 2.95. The zero-order chi connectivity index (χ0) is 17.3. The number of H-pyrrole nitrogens is 1. The predicted molar refractivity (Wildman–Crippen MR) is 88.3 cm³/mol. The van der Waals surface area contributed by atoms with Gasteiger partial charge in [0.15, 0.2) is 5.82 Å². The van der Waals surface area contributed by atoms with E-state index in [2.05, 4.69) is 15.2 Å². The van der Waals surface area contributed by atoms with Crippen LogP contribution in [0.3, 0.4) is 0 Å². The SMILES string of the molecule is COc1ccc(Cl)cc1C(=O)N1C[C@@H](OC)C[C@H]1c1n[nH]c(C)n1. The van der Waals surface area contributed by atoms with Crippen molar-refractivity contribution in [3.63, 3.8) is 0 Å². The number of aromatic nitrogens is 3. The lowest BCUT2D eigenvalue weighted by atomic mass is 10.1. The minimum atomic E-state index is -0.254. The van der Waals surface area contributed by atoms with Crippen molar-refractivity contribution in [2.45, 2.75) is 25.5 Å². The van der Waals surface area contributed by atoms with Gasteiger partial charge in [-0.15, -0.1) is 0 Å². The number of benzene rings is 1. The van der Waals surface area contributed by atoms with E-state index in [4.69, 9.17) is 21.1 Å². The van der Waals surface area contributed by atoms with Gasteiger partial charge in [-0.2, -0.15) is 5.10 Å². The Morgan fingerprint density at radius 1 is 1.42 bits per heavy atom. The summed E-state index contributed by atoms with van der Waals surface area (Å²) in [6.45, 7) is 2.29. The molecule has 0 spiro atoms. The van der Waals surface area contributed by atoms with Crippen LogP contribution in [0, 0.1) is 6.92 Å². The second-order valence-corrected chi connectivity index (χ2v) is 6.13. The standard InChI is InChI=1S/C16H19ClN4O3/c1-9-18-15(20-19-9)13-7-11(23-2)8-21(13)16(22)12-6-10(17)4-5-14(12)24-3/h4-6,11,13H,7-8H2,1-3H3,(H,18,19,20)/t11-,13-/m0/s1. The van der Waals surface area contributed by atoms with Crippen molar-refractivity contribution in [2.75, 3.05) is 20.8 Å². The number of hydrogen-bond acceptors (Lipinski definition) is 5. The van der Waals surface area contributed by atoms with Crippen LogP contribution in [0.1, 0.15) is 34.5 Å². The molecule has 0 saturated carbocycles. The second kappa shape index (κ2) is 6.78. The molecule has 7 nitrogen and oxygen atoms in total. The van der Waals surface area contributed by atoms with Gasteiger partial charge in [0, 0.05) is 25.1 Å². The van der Waals surface area contributed by atoms with Crippen LogP contribution < -0.4 is 4.74 Å². The van der Waals surface area contributed by atoms with Gasteiger partial charge >= 0.3 is 0 Å². The molecule has 8 heteroatoms. The second-order valence-electron chi connectivity index (χ2n) is 5.69. The molecule has 0 aliphatic carbocycles. The van der Waals surface area contributed by atoms with Crippen molar-refractivity contribution in [2.24, 2.45) is 0 Å². The van der Waals surface area contributed by atoms with Crippen molar-refractivity contribution >= 4 is 17.5 Å². The van der Waals surface area contributed by atoms with Crippen molar-refractivity contribution < 1.29 is 14.3 Å². The van der Waals surface area contributed by atoms with Crippen molar-refractivity contribution in [3.05, 3.63) is 40.4 Å². The number of aryl methyl sites for hydroxylation is 1. The Balaban J connectivity index is 1.96. The number of carbonyl (C=O) groups is 1. The van der Waals surface area contributed by atoms with E-state index in [1.807, 2.05) is 6.92 Å². The molecule has 3 rings (SSSR count). The lowest BCUT2D eigenvalue weighted by Crippen LogP contribution is -2.32. The number of likely N-dealkylation sites (tertiary alicyclic amines) is 1. The van der Waals surface area contributed by atoms with Gasteiger partial charge < -0.3 is 14.4 Å². The van der Waals surface area contributed by atoms with E-state index in [9.17, 15) is 4.79 Å². The van der Waals surface area contributed by atoms with Crippen LogP contribution in [0.25, 0.3) is 0 Å². The Bertz CT molecular complexity index is 749. The number of amides is 1. The smallest absolute Gasteiger partial charge is 0.258 e. The molecule has 128 valence electrons. The van der Waals surface area contributed by atoms with Crippen LogP contribution in [0.4, 0.5) is 0 Å². The van der Waals surface area contributed by atoms with E-state index < -0.39 is 0 Å². The summed E-state index contributed by atoms with van der Waals surface area (Å²) in [6, 6.07) is 4.74. The fourth-order valence-corrected chi connectivity index (χ4v) is 3.12. The summed E-state index contributed by atoms with van der Waals surface area (Å²) in [5.41, 5.74) is 0.416. The zero-order valence-electron chi connectivity index (χ0n) is 13.7.